The Bertz CT molecular complexity index is 809. The topological polar surface area (TPSA) is 53.8 Å². The fourth-order valence-corrected chi connectivity index (χ4v) is 5.00. The first-order valence-electron chi connectivity index (χ1n) is 9.11. The van der Waals surface area contributed by atoms with Gasteiger partial charge in [0, 0.05) is 42.5 Å². The van der Waals surface area contributed by atoms with Gasteiger partial charge in [0.25, 0.3) is 0 Å². The molecule has 2 saturated heterocycles. The first-order chi connectivity index (χ1) is 13.1. The fourth-order valence-electron chi connectivity index (χ4n) is 3.69. The number of hydrogen-bond acceptors (Lipinski definition) is 4. The van der Waals surface area contributed by atoms with E-state index in [4.69, 9.17) is 16.0 Å². The minimum atomic E-state index is -0.279. The van der Waals surface area contributed by atoms with Crippen molar-refractivity contribution in [3.05, 3.63) is 53.4 Å². The minimum Gasteiger partial charge on any atom is -0.468 e. The molecule has 0 radical (unpaired) electrons. The van der Waals surface area contributed by atoms with Gasteiger partial charge in [0.05, 0.1) is 17.4 Å². The molecule has 2 amide bonds. The van der Waals surface area contributed by atoms with E-state index in [2.05, 4.69) is 0 Å². The van der Waals surface area contributed by atoms with Gasteiger partial charge in [0.2, 0.25) is 11.8 Å². The SMILES string of the molecule is O=C(C1CC(=O)N(c2ccc(Cl)cc2)C1)N1CCSC(c2ccco2)CC1. The number of anilines is 1. The number of nitrogens with zero attached hydrogens (tertiary/aromatic N) is 2. The molecule has 142 valence electrons. The van der Waals surface area contributed by atoms with Crippen molar-refractivity contribution in [3.63, 3.8) is 0 Å². The lowest BCUT2D eigenvalue weighted by molar-refractivity contribution is -0.135. The Kier molecular flexibility index (Phi) is 5.45. The van der Waals surface area contributed by atoms with Gasteiger partial charge in [-0.2, -0.15) is 0 Å². The molecule has 0 N–H and O–H groups in total. The van der Waals surface area contributed by atoms with Crippen LogP contribution in [0.15, 0.2) is 47.1 Å². The molecule has 2 aromatic rings. The number of benzene rings is 1. The summed E-state index contributed by atoms with van der Waals surface area (Å²) in [5.41, 5.74) is 0.795. The number of halogens is 1. The van der Waals surface area contributed by atoms with E-state index in [1.54, 1.807) is 23.3 Å². The van der Waals surface area contributed by atoms with E-state index < -0.39 is 0 Å². The maximum atomic E-state index is 13.0. The molecule has 0 saturated carbocycles. The predicted octanol–water partition coefficient (Wildman–Crippen LogP) is 3.99. The third-order valence-corrected chi connectivity index (χ3v) is 6.67. The van der Waals surface area contributed by atoms with Crippen LogP contribution in [0.2, 0.25) is 5.02 Å². The lowest BCUT2D eigenvalue weighted by Crippen LogP contribution is -2.38. The van der Waals surface area contributed by atoms with Crippen molar-refractivity contribution in [3.8, 4) is 0 Å². The van der Waals surface area contributed by atoms with Crippen molar-refractivity contribution in [2.45, 2.75) is 18.1 Å². The summed E-state index contributed by atoms with van der Waals surface area (Å²) in [4.78, 5) is 29.1. The lowest BCUT2D eigenvalue weighted by atomic mass is 10.1. The zero-order valence-electron chi connectivity index (χ0n) is 14.8. The third kappa shape index (κ3) is 4.01. The molecule has 2 aliphatic rings. The molecule has 5 nitrogen and oxygen atoms in total. The van der Waals surface area contributed by atoms with Gasteiger partial charge in [-0.15, -0.1) is 11.8 Å². The van der Waals surface area contributed by atoms with E-state index >= 15 is 0 Å². The van der Waals surface area contributed by atoms with Crippen LogP contribution in [0.3, 0.4) is 0 Å². The molecule has 0 aliphatic carbocycles. The molecule has 4 rings (SSSR count). The van der Waals surface area contributed by atoms with Crippen LogP contribution >= 0.6 is 23.4 Å². The van der Waals surface area contributed by atoms with Crippen molar-refractivity contribution < 1.29 is 14.0 Å². The Morgan fingerprint density at radius 1 is 1.19 bits per heavy atom. The largest absolute Gasteiger partial charge is 0.468 e. The van der Waals surface area contributed by atoms with Gasteiger partial charge >= 0.3 is 0 Å². The number of carbonyl (C=O) groups excluding carboxylic acids is 2. The number of hydrogen-bond donors (Lipinski definition) is 0. The maximum Gasteiger partial charge on any atom is 0.228 e. The summed E-state index contributed by atoms with van der Waals surface area (Å²) >= 11 is 7.75. The quantitative estimate of drug-likeness (QED) is 0.776. The van der Waals surface area contributed by atoms with Crippen LogP contribution in [0.25, 0.3) is 0 Å². The summed E-state index contributed by atoms with van der Waals surface area (Å²) < 4.78 is 5.52. The van der Waals surface area contributed by atoms with Crippen molar-refractivity contribution in [2.75, 3.05) is 30.3 Å². The van der Waals surface area contributed by atoms with Gasteiger partial charge in [0.1, 0.15) is 5.76 Å². The summed E-state index contributed by atoms with van der Waals surface area (Å²) in [6.45, 7) is 1.85. The van der Waals surface area contributed by atoms with Gasteiger partial charge in [-0.05, 0) is 42.8 Å². The number of rotatable bonds is 3. The van der Waals surface area contributed by atoms with Gasteiger partial charge in [-0.1, -0.05) is 11.6 Å². The van der Waals surface area contributed by atoms with E-state index in [9.17, 15) is 9.59 Å². The molecule has 0 bridgehead atoms. The highest BCUT2D eigenvalue weighted by Crippen LogP contribution is 2.35. The van der Waals surface area contributed by atoms with Crippen LogP contribution in [0.1, 0.15) is 23.9 Å². The fraction of sp³-hybridized carbons (Fsp3) is 0.400. The number of amides is 2. The van der Waals surface area contributed by atoms with E-state index in [1.165, 1.54) is 0 Å². The van der Waals surface area contributed by atoms with Crippen LogP contribution in [0.4, 0.5) is 5.69 Å². The molecule has 2 fully saturated rings. The van der Waals surface area contributed by atoms with Crippen molar-refractivity contribution in [1.29, 1.82) is 0 Å². The molecule has 2 aliphatic heterocycles. The smallest absolute Gasteiger partial charge is 0.228 e. The highest BCUT2D eigenvalue weighted by Gasteiger charge is 2.37. The first kappa shape index (κ1) is 18.4. The average Bonchev–Trinajstić information content (AvgIpc) is 3.27. The maximum absolute atomic E-state index is 13.0. The van der Waals surface area contributed by atoms with Crippen molar-refractivity contribution >= 4 is 40.9 Å². The number of carbonyl (C=O) groups is 2. The second kappa shape index (κ2) is 7.98. The average molecular weight is 405 g/mol. The Labute approximate surface area is 167 Å². The van der Waals surface area contributed by atoms with Gasteiger partial charge in [-0.25, -0.2) is 0 Å². The number of thioether (sulfide) groups is 1. The standard InChI is InChI=1S/C20H21ClN2O3S/c21-15-3-5-16(6-4-15)23-13-14(12-19(23)24)20(25)22-8-7-18(27-11-9-22)17-2-1-10-26-17/h1-6,10,14,18H,7-9,11-13H2. The third-order valence-electron chi connectivity index (χ3n) is 5.13. The summed E-state index contributed by atoms with van der Waals surface area (Å²) in [5.74, 6) is 1.64. The van der Waals surface area contributed by atoms with Gasteiger partial charge in [0.15, 0.2) is 0 Å². The summed E-state index contributed by atoms with van der Waals surface area (Å²) in [5, 5.41) is 0.916. The molecule has 2 atom stereocenters. The molecule has 1 aromatic carbocycles. The van der Waals surface area contributed by atoms with Gasteiger partial charge in [-0.3, -0.25) is 9.59 Å². The molecular formula is C20H21ClN2O3S. The first-order valence-corrected chi connectivity index (χ1v) is 10.5. The molecule has 7 heteroatoms. The second-order valence-corrected chi connectivity index (χ2v) is 8.62. The van der Waals surface area contributed by atoms with Crippen LogP contribution in [-0.2, 0) is 9.59 Å². The number of furan rings is 1. The Morgan fingerprint density at radius 3 is 2.74 bits per heavy atom. The molecule has 27 heavy (non-hydrogen) atoms. The normalized spacial score (nSPS) is 23.5. The van der Waals surface area contributed by atoms with E-state index in [-0.39, 0.29) is 29.4 Å². The monoisotopic (exact) mass is 404 g/mol. The Hall–Kier alpha value is -1.92. The van der Waals surface area contributed by atoms with Gasteiger partial charge < -0.3 is 14.2 Å². The van der Waals surface area contributed by atoms with Crippen LogP contribution < -0.4 is 4.90 Å². The Morgan fingerprint density at radius 2 is 2.00 bits per heavy atom. The predicted molar refractivity (Wildman–Crippen MR) is 107 cm³/mol. The van der Waals surface area contributed by atoms with E-state index in [0.717, 1.165) is 23.6 Å². The Balaban J connectivity index is 1.39. The summed E-state index contributed by atoms with van der Waals surface area (Å²) in [7, 11) is 0. The van der Waals surface area contributed by atoms with Crippen LogP contribution in [-0.4, -0.2) is 42.1 Å². The van der Waals surface area contributed by atoms with Crippen molar-refractivity contribution in [2.24, 2.45) is 5.92 Å². The van der Waals surface area contributed by atoms with Crippen LogP contribution in [0.5, 0.6) is 0 Å². The van der Waals surface area contributed by atoms with Crippen molar-refractivity contribution in [1.82, 2.24) is 4.90 Å². The van der Waals surface area contributed by atoms with E-state index in [1.807, 2.05) is 40.9 Å². The zero-order valence-corrected chi connectivity index (χ0v) is 16.4. The summed E-state index contributed by atoms with van der Waals surface area (Å²) in [6.07, 6.45) is 2.83. The van der Waals surface area contributed by atoms with Crippen LogP contribution in [0, 0.1) is 5.92 Å². The summed E-state index contributed by atoms with van der Waals surface area (Å²) in [6, 6.07) is 11.1. The molecular weight excluding hydrogens is 384 g/mol. The molecule has 2 unspecified atom stereocenters. The second-order valence-electron chi connectivity index (χ2n) is 6.87. The van der Waals surface area contributed by atoms with E-state index in [0.29, 0.717) is 24.7 Å². The highest BCUT2D eigenvalue weighted by molar-refractivity contribution is 7.99. The molecule has 1 aromatic heterocycles. The lowest BCUT2D eigenvalue weighted by Gasteiger charge is -2.24. The molecule has 0 spiro atoms. The zero-order chi connectivity index (χ0) is 18.8. The molecule has 3 heterocycles. The minimum absolute atomic E-state index is 0.00617. The highest BCUT2D eigenvalue weighted by atomic mass is 35.5.